The van der Waals surface area contributed by atoms with E-state index in [4.69, 9.17) is 14.7 Å². The second-order valence-corrected chi connectivity index (χ2v) is 6.28. The highest BCUT2D eigenvalue weighted by atomic mass is 16.5. The molecule has 26 heavy (non-hydrogen) atoms. The molecule has 8 nitrogen and oxygen atoms in total. The average Bonchev–Trinajstić information content (AvgIpc) is 3.17. The molecular weight excluding hydrogens is 332 g/mol. The van der Waals surface area contributed by atoms with Crippen molar-refractivity contribution < 1.29 is 9.53 Å². The number of nitrogens with one attached hydrogen (secondary N) is 3. The third-order valence-corrected chi connectivity index (χ3v) is 4.60. The van der Waals surface area contributed by atoms with E-state index in [2.05, 4.69) is 20.9 Å². The maximum atomic E-state index is 11.4. The number of benzene rings is 1. The van der Waals surface area contributed by atoms with Crippen LogP contribution in [0.3, 0.4) is 0 Å². The summed E-state index contributed by atoms with van der Waals surface area (Å²) in [6.45, 7) is 4.70. The normalized spacial score (nSPS) is 16.3. The van der Waals surface area contributed by atoms with Crippen molar-refractivity contribution in [2.24, 2.45) is 0 Å². The average molecular weight is 354 g/mol. The number of carbonyl (C=O) groups is 1. The second-order valence-electron chi connectivity index (χ2n) is 6.28. The Labute approximate surface area is 152 Å². The van der Waals surface area contributed by atoms with Crippen molar-refractivity contribution in [1.29, 1.82) is 0 Å². The summed E-state index contributed by atoms with van der Waals surface area (Å²) in [5.74, 6) is 1.71. The van der Waals surface area contributed by atoms with E-state index in [1.165, 1.54) is 5.56 Å². The second kappa shape index (κ2) is 7.27. The first-order chi connectivity index (χ1) is 12.7. The Morgan fingerprint density at radius 1 is 1.15 bits per heavy atom. The number of hydrogen-bond donors (Lipinski definition) is 3. The molecule has 8 heteroatoms. The van der Waals surface area contributed by atoms with Gasteiger partial charge in [0.15, 0.2) is 5.82 Å². The van der Waals surface area contributed by atoms with Gasteiger partial charge in [-0.1, -0.05) is 0 Å². The molecule has 3 heterocycles. The quantitative estimate of drug-likeness (QED) is 0.770. The number of ether oxygens (including phenoxy) is 1. The number of aromatic nitrogens is 2. The van der Waals surface area contributed by atoms with Gasteiger partial charge < -0.3 is 25.6 Å². The van der Waals surface area contributed by atoms with E-state index in [0.717, 1.165) is 62.2 Å². The molecule has 2 aromatic rings. The van der Waals surface area contributed by atoms with Gasteiger partial charge in [-0.05, 0) is 24.3 Å². The van der Waals surface area contributed by atoms with Crippen LogP contribution in [0.4, 0.5) is 16.3 Å². The largest absolute Gasteiger partial charge is 0.378 e. The van der Waals surface area contributed by atoms with Crippen LogP contribution in [0.1, 0.15) is 11.3 Å². The van der Waals surface area contributed by atoms with E-state index in [-0.39, 0.29) is 6.03 Å². The van der Waals surface area contributed by atoms with Crippen molar-refractivity contribution in [3.05, 3.63) is 35.5 Å². The van der Waals surface area contributed by atoms with Crippen LogP contribution in [0.2, 0.25) is 0 Å². The number of morpholine rings is 1. The first-order valence-electron chi connectivity index (χ1n) is 8.77. The summed E-state index contributed by atoms with van der Waals surface area (Å²) in [6.07, 6.45) is 0. The molecular formula is C18H22N6O2. The molecule has 1 fully saturated rings. The third kappa shape index (κ3) is 3.33. The summed E-state index contributed by atoms with van der Waals surface area (Å²) in [4.78, 5) is 23.3. The Bertz CT molecular complexity index is 802. The molecule has 1 saturated heterocycles. The summed E-state index contributed by atoms with van der Waals surface area (Å²) in [6, 6.07) is 7.32. The van der Waals surface area contributed by atoms with Crippen LogP contribution in [0.25, 0.3) is 11.4 Å². The summed E-state index contributed by atoms with van der Waals surface area (Å²) in [5.41, 5.74) is 3.90. The van der Waals surface area contributed by atoms with Crippen molar-refractivity contribution in [3.63, 3.8) is 0 Å². The molecule has 2 amide bonds. The Balaban J connectivity index is 1.65. The maximum absolute atomic E-state index is 11.4. The van der Waals surface area contributed by atoms with Crippen molar-refractivity contribution in [1.82, 2.24) is 20.6 Å². The first kappa shape index (κ1) is 16.7. The molecule has 0 spiro atoms. The van der Waals surface area contributed by atoms with Gasteiger partial charge in [0.2, 0.25) is 0 Å². The molecule has 3 N–H and O–H groups in total. The van der Waals surface area contributed by atoms with Crippen LogP contribution >= 0.6 is 0 Å². The first-order valence-corrected chi connectivity index (χ1v) is 8.77. The van der Waals surface area contributed by atoms with Gasteiger partial charge >= 0.3 is 6.03 Å². The van der Waals surface area contributed by atoms with Crippen LogP contribution < -0.4 is 20.9 Å². The highest BCUT2D eigenvalue weighted by Gasteiger charge is 2.24. The standard InChI is InChI=1S/C18H22N6O2/c1-19-18(25)21-13-4-2-12(3-5-13)16-22-15-11-20-10-14(15)17(23-16)24-6-8-26-9-7-24/h2-5,20H,6-11H2,1H3,(H2,19,21,25). The van der Waals surface area contributed by atoms with Gasteiger partial charge in [-0.2, -0.15) is 0 Å². The number of urea groups is 1. The molecule has 2 aliphatic rings. The molecule has 0 unspecified atom stereocenters. The predicted octanol–water partition coefficient (Wildman–Crippen LogP) is 1.33. The molecule has 2 aliphatic heterocycles. The number of hydrogen-bond acceptors (Lipinski definition) is 6. The molecule has 1 aromatic carbocycles. The lowest BCUT2D eigenvalue weighted by Gasteiger charge is -2.29. The van der Waals surface area contributed by atoms with Crippen LogP contribution in [0.5, 0.6) is 0 Å². The lowest BCUT2D eigenvalue weighted by Crippen LogP contribution is -2.37. The van der Waals surface area contributed by atoms with Gasteiger partial charge in [0, 0.05) is 50.0 Å². The fourth-order valence-corrected chi connectivity index (χ4v) is 3.21. The minimum atomic E-state index is -0.243. The van der Waals surface area contributed by atoms with E-state index in [1.54, 1.807) is 7.05 Å². The van der Waals surface area contributed by atoms with E-state index < -0.39 is 0 Å². The van der Waals surface area contributed by atoms with Gasteiger partial charge in [-0.15, -0.1) is 0 Å². The fraction of sp³-hybridized carbons (Fsp3) is 0.389. The number of rotatable bonds is 3. The number of amides is 2. The van der Waals surface area contributed by atoms with Crippen LogP contribution in [-0.4, -0.2) is 49.4 Å². The lowest BCUT2D eigenvalue weighted by molar-refractivity contribution is 0.122. The van der Waals surface area contributed by atoms with Gasteiger partial charge in [0.25, 0.3) is 0 Å². The van der Waals surface area contributed by atoms with Gasteiger partial charge in [0.1, 0.15) is 5.82 Å². The van der Waals surface area contributed by atoms with E-state index >= 15 is 0 Å². The smallest absolute Gasteiger partial charge is 0.318 e. The van der Waals surface area contributed by atoms with Gasteiger partial charge in [-0.25, -0.2) is 14.8 Å². The molecule has 136 valence electrons. The summed E-state index contributed by atoms with van der Waals surface area (Å²) < 4.78 is 5.47. The monoisotopic (exact) mass is 354 g/mol. The lowest BCUT2D eigenvalue weighted by atomic mass is 10.1. The summed E-state index contributed by atoms with van der Waals surface area (Å²) in [5, 5.41) is 8.65. The highest BCUT2D eigenvalue weighted by molar-refractivity contribution is 5.89. The number of carbonyl (C=O) groups excluding carboxylic acids is 1. The van der Waals surface area contributed by atoms with E-state index in [9.17, 15) is 4.79 Å². The topological polar surface area (TPSA) is 91.4 Å². The Hall–Kier alpha value is -2.71. The van der Waals surface area contributed by atoms with Crippen LogP contribution in [0.15, 0.2) is 24.3 Å². The fourth-order valence-electron chi connectivity index (χ4n) is 3.21. The molecule has 0 saturated carbocycles. The zero-order valence-corrected chi connectivity index (χ0v) is 14.7. The van der Waals surface area contributed by atoms with Crippen molar-refractivity contribution in [2.75, 3.05) is 43.6 Å². The van der Waals surface area contributed by atoms with Crippen molar-refractivity contribution in [3.8, 4) is 11.4 Å². The van der Waals surface area contributed by atoms with E-state index in [1.807, 2.05) is 24.3 Å². The minimum Gasteiger partial charge on any atom is -0.378 e. The van der Waals surface area contributed by atoms with Gasteiger partial charge in [0.05, 0.1) is 18.9 Å². The molecule has 4 rings (SSSR count). The summed E-state index contributed by atoms with van der Waals surface area (Å²) >= 11 is 0. The molecule has 1 aromatic heterocycles. The molecule has 0 atom stereocenters. The number of fused-ring (bicyclic) bond motifs is 1. The number of anilines is 2. The number of nitrogens with zero attached hydrogens (tertiary/aromatic N) is 3. The highest BCUT2D eigenvalue weighted by Crippen LogP contribution is 2.29. The zero-order valence-electron chi connectivity index (χ0n) is 14.7. The Kier molecular flexibility index (Phi) is 4.68. The third-order valence-electron chi connectivity index (χ3n) is 4.60. The van der Waals surface area contributed by atoms with E-state index in [0.29, 0.717) is 5.82 Å². The Morgan fingerprint density at radius 2 is 1.92 bits per heavy atom. The minimum absolute atomic E-state index is 0.243. The Morgan fingerprint density at radius 3 is 2.65 bits per heavy atom. The van der Waals surface area contributed by atoms with Gasteiger partial charge in [-0.3, -0.25) is 0 Å². The molecule has 0 radical (unpaired) electrons. The molecule has 0 aliphatic carbocycles. The van der Waals surface area contributed by atoms with Crippen LogP contribution in [0, 0.1) is 0 Å². The predicted molar refractivity (Wildman–Crippen MR) is 99.1 cm³/mol. The summed E-state index contributed by atoms with van der Waals surface area (Å²) in [7, 11) is 1.59. The SMILES string of the molecule is CNC(=O)Nc1ccc(-c2nc3c(c(N4CCOCC4)n2)CNC3)cc1. The molecule has 0 bridgehead atoms. The van der Waals surface area contributed by atoms with Crippen molar-refractivity contribution >= 4 is 17.5 Å². The van der Waals surface area contributed by atoms with Crippen LogP contribution in [-0.2, 0) is 17.8 Å². The van der Waals surface area contributed by atoms with Crippen molar-refractivity contribution in [2.45, 2.75) is 13.1 Å². The maximum Gasteiger partial charge on any atom is 0.318 e. The zero-order chi connectivity index (χ0) is 17.9.